The SMILES string of the molecule is COC(=O)C(=O)C(CC(=O)c1ccc(Cl)cc1)c1ccccc1. The lowest BCUT2D eigenvalue weighted by Crippen LogP contribution is -2.25. The van der Waals surface area contributed by atoms with E-state index < -0.39 is 17.7 Å². The summed E-state index contributed by atoms with van der Waals surface area (Å²) in [5, 5.41) is 0.520. The van der Waals surface area contributed by atoms with Crippen LogP contribution >= 0.6 is 11.6 Å². The van der Waals surface area contributed by atoms with Gasteiger partial charge in [-0.05, 0) is 29.8 Å². The van der Waals surface area contributed by atoms with Gasteiger partial charge >= 0.3 is 5.97 Å². The molecule has 0 heterocycles. The van der Waals surface area contributed by atoms with Crippen LogP contribution in [0.3, 0.4) is 0 Å². The van der Waals surface area contributed by atoms with E-state index in [1.807, 2.05) is 0 Å². The van der Waals surface area contributed by atoms with Crippen LogP contribution in [0.2, 0.25) is 5.02 Å². The third-order valence-corrected chi connectivity index (χ3v) is 3.71. The van der Waals surface area contributed by atoms with Gasteiger partial charge in [-0.3, -0.25) is 9.59 Å². The molecule has 23 heavy (non-hydrogen) atoms. The first-order valence-electron chi connectivity index (χ1n) is 6.98. The molecule has 0 saturated heterocycles. The minimum absolute atomic E-state index is 0.112. The van der Waals surface area contributed by atoms with Gasteiger partial charge < -0.3 is 4.74 Å². The van der Waals surface area contributed by atoms with Gasteiger partial charge in [0.2, 0.25) is 5.78 Å². The largest absolute Gasteiger partial charge is 0.463 e. The van der Waals surface area contributed by atoms with Crippen molar-refractivity contribution in [3.8, 4) is 0 Å². The van der Waals surface area contributed by atoms with Crippen molar-refractivity contribution < 1.29 is 19.1 Å². The molecule has 0 aliphatic carbocycles. The van der Waals surface area contributed by atoms with Crippen LogP contribution < -0.4 is 0 Å². The lowest BCUT2D eigenvalue weighted by molar-refractivity contribution is -0.152. The Morgan fingerprint density at radius 2 is 1.61 bits per heavy atom. The molecule has 118 valence electrons. The zero-order valence-electron chi connectivity index (χ0n) is 12.5. The maximum absolute atomic E-state index is 12.4. The summed E-state index contributed by atoms with van der Waals surface area (Å²) >= 11 is 5.80. The van der Waals surface area contributed by atoms with E-state index in [2.05, 4.69) is 4.74 Å². The van der Waals surface area contributed by atoms with E-state index >= 15 is 0 Å². The number of ketones is 2. The average molecular weight is 331 g/mol. The van der Waals surface area contributed by atoms with E-state index in [1.54, 1.807) is 54.6 Å². The van der Waals surface area contributed by atoms with Crippen LogP contribution in [0.5, 0.6) is 0 Å². The number of hydrogen-bond donors (Lipinski definition) is 0. The number of hydrogen-bond acceptors (Lipinski definition) is 4. The van der Waals surface area contributed by atoms with Crippen LogP contribution in [-0.2, 0) is 14.3 Å². The second-order valence-corrected chi connectivity index (χ2v) is 5.39. The summed E-state index contributed by atoms with van der Waals surface area (Å²) < 4.78 is 4.50. The van der Waals surface area contributed by atoms with Gasteiger partial charge in [-0.25, -0.2) is 4.79 Å². The number of Topliss-reactive ketones (excluding diaryl/α,β-unsaturated/α-hetero) is 2. The number of halogens is 1. The number of carbonyl (C=O) groups is 3. The second-order valence-electron chi connectivity index (χ2n) is 4.95. The Morgan fingerprint density at radius 1 is 1.00 bits per heavy atom. The van der Waals surface area contributed by atoms with Crippen LogP contribution in [0, 0.1) is 0 Å². The van der Waals surface area contributed by atoms with Crippen LogP contribution in [0.25, 0.3) is 0 Å². The molecule has 4 nitrogen and oxygen atoms in total. The predicted molar refractivity (Wildman–Crippen MR) is 86.6 cm³/mol. The topological polar surface area (TPSA) is 60.4 Å². The second kappa shape index (κ2) is 7.70. The van der Waals surface area contributed by atoms with E-state index in [0.29, 0.717) is 16.1 Å². The molecule has 1 atom stereocenters. The Hall–Kier alpha value is -2.46. The Bertz CT molecular complexity index is 708. The number of esters is 1. The zero-order chi connectivity index (χ0) is 16.8. The molecule has 2 rings (SSSR count). The highest BCUT2D eigenvalue weighted by Gasteiger charge is 2.29. The molecule has 0 aliphatic heterocycles. The van der Waals surface area contributed by atoms with Crippen molar-refractivity contribution in [2.45, 2.75) is 12.3 Å². The van der Waals surface area contributed by atoms with Gasteiger partial charge in [0.05, 0.1) is 13.0 Å². The first-order chi connectivity index (χ1) is 11.0. The molecule has 0 N–H and O–H groups in total. The molecule has 0 aliphatic rings. The van der Waals surface area contributed by atoms with Crippen LogP contribution in [-0.4, -0.2) is 24.6 Å². The highest BCUT2D eigenvalue weighted by atomic mass is 35.5. The number of rotatable bonds is 6. The molecule has 0 spiro atoms. The third kappa shape index (κ3) is 4.27. The molecule has 0 amide bonds. The highest BCUT2D eigenvalue weighted by Crippen LogP contribution is 2.24. The van der Waals surface area contributed by atoms with Gasteiger partial charge in [0.25, 0.3) is 0 Å². The molecule has 0 radical (unpaired) electrons. The highest BCUT2D eigenvalue weighted by molar-refractivity contribution is 6.36. The van der Waals surface area contributed by atoms with Gasteiger partial charge in [-0.15, -0.1) is 0 Å². The van der Waals surface area contributed by atoms with Crippen molar-refractivity contribution in [3.63, 3.8) is 0 Å². The van der Waals surface area contributed by atoms with Crippen molar-refractivity contribution in [1.29, 1.82) is 0 Å². The molecule has 5 heteroatoms. The lowest BCUT2D eigenvalue weighted by atomic mass is 9.88. The number of methoxy groups -OCH3 is 1. The Morgan fingerprint density at radius 3 is 2.17 bits per heavy atom. The molecule has 2 aromatic carbocycles. The van der Waals surface area contributed by atoms with Gasteiger partial charge in [0.15, 0.2) is 5.78 Å². The lowest BCUT2D eigenvalue weighted by Gasteiger charge is -2.14. The standard InChI is InChI=1S/C18H15ClO4/c1-23-18(22)17(21)15(12-5-3-2-4-6-12)11-16(20)13-7-9-14(19)10-8-13/h2-10,15H,11H2,1H3. The molecule has 0 aromatic heterocycles. The molecular formula is C18H15ClO4. The number of ether oxygens (including phenoxy) is 1. The smallest absolute Gasteiger partial charge is 0.374 e. The quantitative estimate of drug-likeness (QED) is 0.462. The summed E-state index contributed by atoms with van der Waals surface area (Å²) in [4.78, 5) is 36.2. The van der Waals surface area contributed by atoms with Crippen LogP contribution in [0.1, 0.15) is 28.3 Å². The molecule has 0 fully saturated rings. The monoisotopic (exact) mass is 330 g/mol. The summed E-state index contributed by atoms with van der Waals surface area (Å²) in [6, 6.07) is 15.1. The minimum Gasteiger partial charge on any atom is -0.463 e. The van der Waals surface area contributed by atoms with Crippen molar-refractivity contribution in [2.24, 2.45) is 0 Å². The summed E-state index contributed by atoms with van der Waals surface area (Å²) in [6.07, 6.45) is -0.112. The summed E-state index contributed by atoms with van der Waals surface area (Å²) in [7, 11) is 1.14. The van der Waals surface area contributed by atoms with E-state index in [1.165, 1.54) is 0 Å². The van der Waals surface area contributed by atoms with Crippen molar-refractivity contribution in [3.05, 3.63) is 70.7 Å². The molecule has 0 bridgehead atoms. The van der Waals surface area contributed by atoms with Crippen molar-refractivity contribution >= 4 is 29.1 Å². The van der Waals surface area contributed by atoms with E-state index in [0.717, 1.165) is 7.11 Å². The number of carbonyl (C=O) groups excluding carboxylic acids is 3. The van der Waals surface area contributed by atoms with Gasteiger partial charge in [0, 0.05) is 17.0 Å². The van der Waals surface area contributed by atoms with Crippen molar-refractivity contribution in [1.82, 2.24) is 0 Å². The summed E-state index contributed by atoms with van der Waals surface area (Å²) in [5.41, 5.74) is 1.04. The first kappa shape index (κ1) is 16.9. The molecule has 2 aromatic rings. The average Bonchev–Trinajstić information content (AvgIpc) is 2.59. The van der Waals surface area contributed by atoms with Crippen molar-refractivity contribution in [2.75, 3.05) is 7.11 Å². The normalized spacial score (nSPS) is 11.6. The maximum atomic E-state index is 12.4. The molecule has 1 unspecified atom stereocenters. The van der Waals surface area contributed by atoms with Gasteiger partial charge in [-0.2, -0.15) is 0 Å². The fourth-order valence-corrected chi connectivity index (χ4v) is 2.36. The third-order valence-electron chi connectivity index (χ3n) is 3.46. The van der Waals surface area contributed by atoms with E-state index in [9.17, 15) is 14.4 Å². The zero-order valence-corrected chi connectivity index (χ0v) is 13.2. The maximum Gasteiger partial charge on any atom is 0.374 e. The fourth-order valence-electron chi connectivity index (χ4n) is 2.23. The minimum atomic E-state index is -0.956. The van der Waals surface area contributed by atoms with Crippen LogP contribution in [0.15, 0.2) is 54.6 Å². The fraction of sp³-hybridized carbons (Fsp3) is 0.167. The van der Waals surface area contributed by atoms with Gasteiger partial charge in [0.1, 0.15) is 0 Å². The van der Waals surface area contributed by atoms with Crippen LogP contribution in [0.4, 0.5) is 0 Å². The van der Waals surface area contributed by atoms with E-state index in [-0.39, 0.29) is 12.2 Å². The first-order valence-corrected chi connectivity index (χ1v) is 7.36. The molecular weight excluding hydrogens is 316 g/mol. The Labute approximate surface area is 139 Å². The predicted octanol–water partition coefficient (Wildman–Crippen LogP) is 3.44. The summed E-state index contributed by atoms with van der Waals surface area (Å²) in [6.45, 7) is 0. The summed E-state index contributed by atoms with van der Waals surface area (Å²) in [5.74, 6) is -2.80. The Balaban J connectivity index is 2.27. The number of benzene rings is 2. The van der Waals surface area contributed by atoms with Gasteiger partial charge in [-0.1, -0.05) is 41.9 Å². The Kier molecular flexibility index (Phi) is 5.66. The van der Waals surface area contributed by atoms with E-state index in [4.69, 9.17) is 11.6 Å². The molecule has 0 saturated carbocycles.